The molecule has 0 aromatic heterocycles. The van der Waals surface area contributed by atoms with E-state index in [9.17, 15) is 0 Å². The van der Waals surface area contributed by atoms with Crippen LogP contribution in [0.2, 0.25) is 0 Å². The van der Waals surface area contributed by atoms with E-state index in [2.05, 4.69) is 0 Å². The molecule has 0 bridgehead atoms. The predicted molar refractivity (Wildman–Crippen MR) is 153 cm³/mol. The van der Waals surface area contributed by atoms with Gasteiger partial charge in [-0.15, -0.1) is 0 Å². The van der Waals surface area contributed by atoms with Crippen LogP contribution in [0, 0.1) is 0 Å². The lowest BCUT2D eigenvalue weighted by Gasteiger charge is -2.45. The molecule has 0 saturated carbocycles. The Bertz CT molecular complexity index is 1240. The van der Waals surface area contributed by atoms with Gasteiger partial charge in [0.1, 0.15) is 30.2 Å². The van der Waals surface area contributed by atoms with E-state index in [0.717, 1.165) is 16.7 Å². The predicted octanol–water partition coefficient (Wildman–Crippen LogP) is 6.19. The van der Waals surface area contributed by atoms with Crippen molar-refractivity contribution in [2.24, 2.45) is 0 Å². The highest BCUT2D eigenvalue weighted by Gasteiger charge is 2.49. The van der Waals surface area contributed by atoms with Gasteiger partial charge in [0.2, 0.25) is 6.29 Å². The van der Waals surface area contributed by atoms with Gasteiger partial charge in [-0.05, 0) is 28.8 Å². The zero-order valence-corrected chi connectivity index (χ0v) is 22.7. The van der Waals surface area contributed by atoms with Gasteiger partial charge in [0.25, 0.3) is 0 Å². The van der Waals surface area contributed by atoms with Crippen molar-refractivity contribution >= 4 is 0 Å². The second-order valence-electron chi connectivity index (χ2n) is 9.71. The normalized spacial score (nSPS) is 22.6. The number of rotatable bonds is 13. The Morgan fingerprint density at radius 2 is 0.950 bits per heavy atom. The van der Waals surface area contributed by atoms with Gasteiger partial charge in [-0.3, -0.25) is 0 Å². The summed E-state index contributed by atoms with van der Waals surface area (Å²) < 4.78 is 38.3. The summed E-state index contributed by atoms with van der Waals surface area (Å²) >= 11 is 0. The third kappa shape index (κ3) is 7.78. The van der Waals surface area contributed by atoms with Crippen LogP contribution >= 0.6 is 0 Å². The summed E-state index contributed by atoms with van der Waals surface area (Å²) in [6, 6.07) is 39.8. The van der Waals surface area contributed by atoms with Crippen molar-refractivity contribution in [3.63, 3.8) is 0 Å². The van der Waals surface area contributed by atoms with Gasteiger partial charge in [-0.25, -0.2) is 0 Å². The Kier molecular flexibility index (Phi) is 10.3. The van der Waals surface area contributed by atoms with E-state index >= 15 is 0 Å². The molecule has 40 heavy (non-hydrogen) atoms. The topological polar surface area (TPSA) is 55.4 Å². The van der Waals surface area contributed by atoms with Crippen LogP contribution in [-0.4, -0.2) is 44.4 Å². The molecule has 1 aliphatic rings. The summed E-state index contributed by atoms with van der Waals surface area (Å²) in [5.74, 6) is 0.683. The SMILES string of the molecule is COC[C@H]1O[C@@H](Oc2ccccc2)[C@H](OCc2ccccc2)[C@@H](OCc2ccccc2)[C@H]1OCc1ccccc1. The van der Waals surface area contributed by atoms with Crippen LogP contribution in [0.1, 0.15) is 16.7 Å². The molecule has 6 heteroatoms. The summed E-state index contributed by atoms with van der Waals surface area (Å²) in [6.07, 6.45) is -2.75. The van der Waals surface area contributed by atoms with E-state index in [1.807, 2.05) is 121 Å². The lowest BCUT2D eigenvalue weighted by Crippen LogP contribution is -2.62. The second-order valence-corrected chi connectivity index (χ2v) is 9.71. The molecule has 5 rings (SSSR count). The van der Waals surface area contributed by atoms with Crippen LogP contribution in [-0.2, 0) is 43.5 Å². The molecular weight excluding hydrogens is 504 g/mol. The third-order valence-electron chi connectivity index (χ3n) is 6.77. The van der Waals surface area contributed by atoms with Gasteiger partial charge in [-0.2, -0.15) is 0 Å². The highest BCUT2D eigenvalue weighted by molar-refractivity contribution is 5.22. The smallest absolute Gasteiger partial charge is 0.229 e. The molecule has 0 aliphatic carbocycles. The Hall–Kier alpha value is -3.52. The van der Waals surface area contributed by atoms with Crippen molar-refractivity contribution in [1.29, 1.82) is 0 Å². The molecule has 6 nitrogen and oxygen atoms in total. The standard InChI is InChI=1S/C34H36O6/c1-35-25-30-31(36-22-26-14-6-2-7-15-26)32(37-23-27-16-8-3-9-17-27)33(38-24-28-18-10-4-11-19-28)34(40-30)39-29-20-12-5-13-21-29/h2-21,30-34H,22-25H2,1H3/t30-,31+,32+,33-,34-/m1/s1. The lowest BCUT2D eigenvalue weighted by atomic mass is 9.97. The molecule has 1 fully saturated rings. The van der Waals surface area contributed by atoms with Gasteiger partial charge in [0.15, 0.2) is 0 Å². The average molecular weight is 541 g/mol. The molecule has 0 amide bonds. The number of hydrogen-bond donors (Lipinski definition) is 0. The fourth-order valence-corrected chi connectivity index (χ4v) is 4.77. The van der Waals surface area contributed by atoms with Gasteiger partial charge >= 0.3 is 0 Å². The Morgan fingerprint density at radius 1 is 0.525 bits per heavy atom. The van der Waals surface area contributed by atoms with E-state index in [1.54, 1.807) is 7.11 Å². The minimum atomic E-state index is -0.747. The summed E-state index contributed by atoms with van der Waals surface area (Å²) in [7, 11) is 1.66. The fraction of sp³-hybridized carbons (Fsp3) is 0.294. The van der Waals surface area contributed by atoms with Crippen molar-refractivity contribution in [1.82, 2.24) is 0 Å². The van der Waals surface area contributed by atoms with Crippen LogP contribution in [0.15, 0.2) is 121 Å². The molecule has 1 aliphatic heterocycles. The Balaban J connectivity index is 1.45. The van der Waals surface area contributed by atoms with Gasteiger partial charge in [0, 0.05) is 7.11 Å². The molecule has 5 atom stereocenters. The van der Waals surface area contributed by atoms with Crippen molar-refractivity contribution in [3.05, 3.63) is 138 Å². The minimum Gasteiger partial charge on any atom is -0.462 e. The molecule has 0 spiro atoms. The van der Waals surface area contributed by atoms with Crippen molar-refractivity contribution in [2.45, 2.75) is 50.5 Å². The van der Waals surface area contributed by atoms with Crippen LogP contribution in [0.25, 0.3) is 0 Å². The first-order chi connectivity index (χ1) is 19.8. The number of methoxy groups -OCH3 is 1. The van der Waals surface area contributed by atoms with E-state index in [1.165, 1.54) is 0 Å². The first-order valence-corrected chi connectivity index (χ1v) is 13.6. The molecule has 4 aromatic carbocycles. The quantitative estimate of drug-likeness (QED) is 0.202. The Morgan fingerprint density at radius 3 is 1.43 bits per heavy atom. The van der Waals surface area contributed by atoms with E-state index < -0.39 is 30.7 Å². The van der Waals surface area contributed by atoms with Crippen LogP contribution in [0.5, 0.6) is 5.75 Å². The van der Waals surface area contributed by atoms with E-state index in [-0.39, 0.29) is 0 Å². The van der Waals surface area contributed by atoms with E-state index in [4.69, 9.17) is 28.4 Å². The van der Waals surface area contributed by atoms with Crippen molar-refractivity contribution in [2.75, 3.05) is 13.7 Å². The molecule has 0 radical (unpaired) electrons. The molecule has 1 saturated heterocycles. The highest BCUT2D eigenvalue weighted by atomic mass is 16.7. The number of benzene rings is 4. The van der Waals surface area contributed by atoms with Gasteiger partial charge < -0.3 is 28.4 Å². The van der Waals surface area contributed by atoms with Crippen LogP contribution < -0.4 is 4.74 Å². The van der Waals surface area contributed by atoms with Crippen molar-refractivity contribution < 1.29 is 28.4 Å². The molecule has 0 N–H and O–H groups in total. The summed E-state index contributed by atoms with van der Waals surface area (Å²) in [6.45, 7) is 1.47. The summed E-state index contributed by atoms with van der Waals surface area (Å²) in [5.41, 5.74) is 3.16. The largest absolute Gasteiger partial charge is 0.462 e. The fourth-order valence-electron chi connectivity index (χ4n) is 4.77. The number of para-hydroxylation sites is 1. The Labute approximate surface area is 236 Å². The van der Waals surface area contributed by atoms with Crippen LogP contribution in [0.3, 0.4) is 0 Å². The van der Waals surface area contributed by atoms with Gasteiger partial charge in [-0.1, -0.05) is 109 Å². The summed E-state index contributed by atoms with van der Waals surface area (Å²) in [5, 5.41) is 0. The van der Waals surface area contributed by atoms with Crippen LogP contribution in [0.4, 0.5) is 0 Å². The monoisotopic (exact) mass is 540 g/mol. The minimum absolute atomic E-state index is 0.310. The third-order valence-corrected chi connectivity index (χ3v) is 6.77. The maximum atomic E-state index is 6.65. The molecule has 1 heterocycles. The molecule has 208 valence electrons. The van der Waals surface area contributed by atoms with E-state index in [0.29, 0.717) is 32.2 Å². The second kappa shape index (κ2) is 14.7. The molecule has 4 aromatic rings. The summed E-state index contributed by atoms with van der Waals surface area (Å²) in [4.78, 5) is 0. The first-order valence-electron chi connectivity index (χ1n) is 13.6. The zero-order chi connectivity index (χ0) is 27.4. The average Bonchev–Trinajstić information content (AvgIpc) is 3.01. The highest BCUT2D eigenvalue weighted by Crippen LogP contribution is 2.32. The first kappa shape index (κ1) is 28.0. The molecule has 0 unspecified atom stereocenters. The maximum absolute atomic E-state index is 6.65. The zero-order valence-electron chi connectivity index (χ0n) is 22.7. The molecular formula is C34H36O6. The van der Waals surface area contributed by atoms with Gasteiger partial charge in [0.05, 0.1) is 26.4 Å². The number of hydrogen-bond acceptors (Lipinski definition) is 6. The van der Waals surface area contributed by atoms with Crippen molar-refractivity contribution in [3.8, 4) is 5.75 Å². The number of ether oxygens (including phenoxy) is 6. The maximum Gasteiger partial charge on any atom is 0.229 e. The lowest BCUT2D eigenvalue weighted by molar-refractivity contribution is -0.308.